The largest absolute Gasteiger partial charge is 0.495 e. The van der Waals surface area contributed by atoms with Gasteiger partial charge in [0.15, 0.2) is 5.16 Å². The molecule has 0 N–H and O–H groups in total. The topological polar surface area (TPSA) is 64.4 Å². The monoisotopic (exact) mass is 465 g/mol. The molecule has 8 heteroatoms. The number of thioether (sulfide) groups is 2. The Kier molecular flexibility index (Phi) is 5.97. The molecular formula is C24H23N3O3S2. The highest BCUT2D eigenvalue weighted by molar-refractivity contribution is 8.00. The van der Waals surface area contributed by atoms with E-state index in [-0.39, 0.29) is 17.2 Å². The van der Waals surface area contributed by atoms with Crippen LogP contribution in [0, 0.1) is 0 Å². The maximum atomic E-state index is 13.4. The zero-order valence-corrected chi connectivity index (χ0v) is 19.4. The summed E-state index contributed by atoms with van der Waals surface area (Å²) in [5.41, 5.74) is 3.56. The Labute approximate surface area is 195 Å². The second-order valence-electron chi connectivity index (χ2n) is 7.65. The SMILES string of the molecule is COc1ccccc1-n1c(SCC(=O)N2CCCc3ccccc32)nc2c(c1=O)SCC2. The van der Waals surface area contributed by atoms with Gasteiger partial charge in [0.05, 0.1) is 29.1 Å². The number of nitrogens with zero attached hydrogens (tertiary/aromatic N) is 3. The molecule has 0 aliphatic carbocycles. The van der Waals surface area contributed by atoms with Gasteiger partial charge in [-0.25, -0.2) is 4.98 Å². The van der Waals surface area contributed by atoms with Gasteiger partial charge in [-0.2, -0.15) is 0 Å². The first-order valence-electron chi connectivity index (χ1n) is 10.6. The quantitative estimate of drug-likeness (QED) is 0.420. The summed E-state index contributed by atoms with van der Waals surface area (Å²) in [6.45, 7) is 0.712. The van der Waals surface area contributed by atoms with Crippen molar-refractivity contribution in [3.63, 3.8) is 0 Å². The van der Waals surface area contributed by atoms with Crippen molar-refractivity contribution in [1.82, 2.24) is 9.55 Å². The lowest BCUT2D eigenvalue weighted by Gasteiger charge is -2.29. The van der Waals surface area contributed by atoms with Gasteiger partial charge < -0.3 is 9.64 Å². The molecule has 5 rings (SSSR count). The van der Waals surface area contributed by atoms with E-state index in [4.69, 9.17) is 9.72 Å². The number of hydrogen-bond acceptors (Lipinski definition) is 6. The smallest absolute Gasteiger partial charge is 0.272 e. The molecule has 0 spiro atoms. The fraction of sp³-hybridized carbons (Fsp3) is 0.292. The molecule has 0 atom stereocenters. The first kappa shape index (κ1) is 21.2. The number of aromatic nitrogens is 2. The van der Waals surface area contributed by atoms with Gasteiger partial charge in [0.25, 0.3) is 5.56 Å². The van der Waals surface area contributed by atoms with Gasteiger partial charge >= 0.3 is 0 Å². The van der Waals surface area contributed by atoms with Crippen LogP contribution in [0.3, 0.4) is 0 Å². The lowest BCUT2D eigenvalue weighted by molar-refractivity contribution is -0.116. The fourth-order valence-electron chi connectivity index (χ4n) is 4.21. The number of para-hydroxylation sites is 3. The number of carbonyl (C=O) groups is 1. The number of amides is 1. The van der Waals surface area contributed by atoms with E-state index >= 15 is 0 Å². The van der Waals surface area contributed by atoms with Crippen molar-refractivity contribution in [2.45, 2.75) is 29.3 Å². The Morgan fingerprint density at radius 2 is 1.91 bits per heavy atom. The minimum Gasteiger partial charge on any atom is -0.495 e. The van der Waals surface area contributed by atoms with E-state index in [1.54, 1.807) is 23.4 Å². The average molecular weight is 466 g/mol. The second kappa shape index (κ2) is 9.03. The number of rotatable bonds is 5. The van der Waals surface area contributed by atoms with Crippen molar-refractivity contribution in [3.05, 3.63) is 70.1 Å². The van der Waals surface area contributed by atoms with Gasteiger partial charge in [0, 0.05) is 24.4 Å². The summed E-state index contributed by atoms with van der Waals surface area (Å²) < 4.78 is 7.11. The summed E-state index contributed by atoms with van der Waals surface area (Å²) in [6, 6.07) is 15.5. The van der Waals surface area contributed by atoms with Gasteiger partial charge in [0.1, 0.15) is 5.75 Å². The summed E-state index contributed by atoms with van der Waals surface area (Å²) >= 11 is 2.86. The number of benzene rings is 2. The van der Waals surface area contributed by atoms with Crippen LogP contribution in [0.4, 0.5) is 5.69 Å². The van der Waals surface area contributed by atoms with E-state index in [2.05, 4.69) is 6.07 Å². The lowest BCUT2D eigenvalue weighted by atomic mass is 10.0. The molecule has 2 aliphatic rings. The molecule has 0 saturated heterocycles. The number of ether oxygens (including phenoxy) is 1. The van der Waals surface area contributed by atoms with Crippen LogP contribution in [0.2, 0.25) is 0 Å². The molecule has 0 saturated carbocycles. The third-order valence-corrected chi connectivity index (χ3v) is 7.76. The van der Waals surface area contributed by atoms with E-state index < -0.39 is 0 Å². The van der Waals surface area contributed by atoms with Crippen molar-refractivity contribution in [1.29, 1.82) is 0 Å². The van der Waals surface area contributed by atoms with Gasteiger partial charge in [-0.05, 0) is 36.6 Å². The predicted molar refractivity (Wildman–Crippen MR) is 129 cm³/mol. The normalized spacial score (nSPS) is 14.7. The van der Waals surface area contributed by atoms with E-state index in [1.165, 1.54) is 17.3 Å². The highest BCUT2D eigenvalue weighted by Crippen LogP contribution is 2.33. The molecule has 0 radical (unpaired) electrons. The maximum Gasteiger partial charge on any atom is 0.272 e. The molecule has 6 nitrogen and oxygen atoms in total. The van der Waals surface area contributed by atoms with Gasteiger partial charge in [-0.15, -0.1) is 11.8 Å². The summed E-state index contributed by atoms with van der Waals surface area (Å²) in [5, 5.41) is 0.527. The maximum absolute atomic E-state index is 13.4. The van der Waals surface area contributed by atoms with Crippen LogP contribution in [0.15, 0.2) is 63.4 Å². The molecule has 1 amide bonds. The molecule has 0 unspecified atom stereocenters. The van der Waals surface area contributed by atoms with E-state index in [0.29, 0.717) is 28.0 Å². The molecule has 164 valence electrons. The second-order valence-corrected chi connectivity index (χ2v) is 9.70. The number of fused-ring (bicyclic) bond motifs is 2. The first-order chi connectivity index (χ1) is 15.7. The van der Waals surface area contributed by atoms with Crippen molar-refractivity contribution in [3.8, 4) is 11.4 Å². The number of anilines is 1. The highest BCUT2D eigenvalue weighted by Gasteiger charge is 2.26. The standard InChI is InChI=1S/C24H23N3O3S2/c1-30-20-11-5-4-10-19(20)27-23(29)22-17(12-14-31-22)25-24(27)32-15-21(28)26-13-6-8-16-7-2-3-9-18(16)26/h2-5,7,9-11H,6,8,12-15H2,1H3. The van der Waals surface area contributed by atoms with Crippen LogP contribution in [0.5, 0.6) is 5.75 Å². The Hall–Kier alpha value is -2.71. The molecule has 3 heterocycles. The summed E-state index contributed by atoms with van der Waals surface area (Å²) in [6.07, 6.45) is 2.71. The minimum absolute atomic E-state index is 0.0258. The highest BCUT2D eigenvalue weighted by atomic mass is 32.2. The van der Waals surface area contributed by atoms with E-state index in [1.807, 2.05) is 47.4 Å². The Bertz CT molecular complexity index is 1240. The van der Waals surface area contributed by atoms with Gasteiger partial charge in [-0.3, -0.25) is 14.2 Å². The van der Waals surface area contributed by atoms with Crippen molar-refractivity contribution in [2.75, 3.05) is 30.1 Å². The number of hydrogen-bond donors (Lipinski definition) is 0. The van der Waals surface area contributed by atoms with Crippen LogP contribution >= 0.6 is 23.5 Å². The van der Waals surface area contributed by atoms with Crippen LogP contribution in [-0.2, 0) is 17.6 Å². The van der Waals surface area contributed by atoms with E-state index in [0.717, 1.165) is 36.4 Å². The van der Waals surface area contributed by atoms with Crippen molar-refractivity contribution in [2.24, 2.45) is 0 Å². The molecule has 32 heavy (non-hydrogen) atoms. The zero-order chi connectivity index (χ0) is 22.1. The predicted octanol–water partition coefficient (Wildman–Crippen LogP) is 3.96. The summed E-state index contributed by atoms with van der Waals surface area (Å²) in [4.78, 5) is 33.9. The van der Waals surface area contributed by atoms with Crippen LogP contribution in [0.1, 0.15) is 17.7 Å². The molecule has 3 aromatic rings. The summed E-state index contributed by atoms with van der Waals surface area (Å²) in [5.74, 6) is 1.68. The number of methoxy groups -OCH3 is 1. The van der Waals surface area contributed by atoms with Crippen LogP contribution < -0.4 is 15.2 Å². The Morgan fingerprint density at radius 3 is 2.75 bits per heavy atom. The molecular weight excluding hydrogens is 442 g/mol. The van der Waals surface area contributed by atoms with Gasteiger partial charge in [-0.1, -0.05) is 42.1 Å². The third-order valence-electron chi connectivity index (χ3n) is 5.73. The third kappa shape index (κ3) is 3.82. The van der Waals surface area contributed by atoms with Crippen LogP contribution in [-0.4, -0.2) is 40.6 Å². The van der Waals surface area contributed by atoms with Gasteiger partial charge in [0.2, 0.25) is 5.91 Å². The molecule has 0 fully saturated rings. The van der Waals surface area contributed by atoms with E-state index in [9.17, 15) is 9.59 Å². The first-order valence-corrected chi connectivity index (χ1v) is 12.6. The molecule has 2 aliphatic heterocycles. The van der Waals surface area contributed by atoms with Crippen molar-refractivity contribution < 1.29 is 9.53 Å². The molecule has 2 aromatic carbocycles. The Balaban J connectivity index is 1.49. The molecule has 0 bridgehead atoms. The average Bonchev–Trinajstić information content (AvgIpc) is 3.31. The van der Waals surface area contributed by atoms with Crippen molar-refractivity contribution >= 4 is 35.1 Å². The molecule has 1 aromatic heterocycles. The fourth-order valence-corrected chi connectivity index (χ4v) is 6.14. The summed E-state index contributed by atoms with van der Waals surface area (Å²) in [7, 11) is 1.59. The minimum atomic E-state index is -0.0970. The number of aryl methyl sites for hydroxylation is 2. The zero-order valence-electron chi connectivity index (χ0n) is 17.7. The Morgan fingerprint density at radius 1 is 1.12 bits per heavy atom. The lowest BCUT2D eigenvalue weighted by Crippen LogP contribution is -2.36. The van der Waals surface area contributed by atoms with Crippen LogP contribution in [0.25, 0.3) is 5.69 Å². The number of carbonyl (C=O) groups excluding carboxylic acids is 1.